The number of furan rings is 1. The van der Waals surface area contributed by atoms with Gasteiger partial charge in [-0.2, -0.15) is 0 Å². The molecule has 0 spiro atoms. The van der Waals surface area contributed by atoms with Gasteiger partial charge in [-0.3, -0.25) is 0 Å². The zero-order valence-electron chi connectivity index (χ0n) is 4.72. The van der Waals surface area contributed by atoms with E-state index >= 15 is 0 Å². The van der Waals surface area contributed by atoms with E-state index < -0.39 is 0 Å². The van der Waals surface area contributed by atoms with Crippen molar-refractivity contribution in [3.8, 4) is 11.1 Å². The van der Waals surface area contributed by atoms with Crippen molar-refractivity contribution in [3.05, 3.63) is 24.5 Å². The first kappa shape index (κ1) is 3.72. The van der Waals surface area contributed by atoms with Crippen LogP contribution in [0, 0.1) is 0 Å². The monoisotopic (exact) mass is 116 g/mol. The summed E-state index contributed by atoms with van der Waals surface area (Å²) in [6.45, 7) is 0. The topological polar surface area (TPSA) is 13.1 Å². The van der Waals surface area contributed by atoms with Crippen LogP contribution in [-0.4, -0.2) is 0 Å². The first-order chi connectivity index (χ1) is 4.47. The molecule has 0 amide bonds. The molecule has 0 aliphatic heterocycles. The first-order valence-corrected chi connectivity index (χ1v) is 2.97. The van der Waals surface area contributed by atoms with Crippen LogP contribution in [0.25, 0.3) is 22.1 Å². The second-order valence-electron chi connectivity index (χ2n) is 2.33. The predicted octanol–water partition coefficient (Wildman–Crippen LogP) is 2.41. The Labute approximate surface area is 51.9 Å². The van der Waals surface area contributed by atoms with E-state index in [1.807, 2.05) is 18.4 Å². The van der Waals surface area contributed by atoms with Crippen LogP contribution in [0.5, 0.6) is 0 Å². The van der Waals surface area contributed by atoms with Gasteiger partial charge in [0.2, 0.25) is 0 Å². The summed E-state index contributed by atoms with van der Waals surface area (Å²) in [6.07, 6.45) is 1.82. The molecule has 0 fully saturated rings. The summed E-state index contributed by atoms with van der Waals surface area (Å²) in [5.74, 6) is 0. The molecular formula is C8H4O. The summed E-state index contributed by atoms with van der Waals surface area (Å²) in [7, 11) is 0. The molecule has 0 N–H and O–H groups in total. The fourth-order valence-corrected chi connectivity index (χ4v) is 1.31. The van der Waals surface area contributed by atoms with Gasteiger partial charge >= 0.3 is 0 Å². The zero-order chi connectivity index (χ0) is 5.84. The Balaban J connectivity index is 2.76. The molecule has 3 rings (SSSR count). The normalized spacial score (nSPS) is 12.4. The highest BCUT2D eigenvalue weighted by Gasteiger charge is 2.23. The molecule has 0 radical (unpaired) electrons. The fraction of sp³-hybridized carbons (Fsp3) is 0. The van der Waals surface area contributed by atoms with E-state index in [-0.39, 0.29) is 0 Å². The van der Waals surface area contributed by atoms with E-state index in [4.69, 9.17) is 4.42 Å². The van der Waals surface area contributed by atoms with Crippen molar-refractivity contribution in [2.24, 2.45) is 0 Å². The van der Waals surface area contributed by atoms with Gasteiger partial charge in [0.15, 0.2) is 0 Å². The van der Waals surface area contributed by atoms with Gasteiger partial charge in [-0.05, 0) is 11.6 Å². The standard InChI is InChI=1S/C8H4O/c1-2-5-6-4-9-7(3-1)8(5)6/h1-4H. The summed E-state index contributed by atoms with van der Waals surface area (Å²) in [5, 5.41) is 1.33. The molecule has 0 saturated carbocycles. The van der Waals surface area contributed by atoms with Crippen LogP contribution in [-0.2, 0) is 0 Å². The highest BCUT2D eigenvalue weighted by atomic mass is 16.3. The van der Waals surface area contributed by atoms with Gasteiger partial charge in [0, 0.05) is 10.9 Å². The van der Waals surface area contributed by atoms with Crippen molar-refractivity contribution < 1.29 is 4.42 Å². The molecular weight excluding hydrogens is 112 g/mol. The van der Waals surface area contributed by atoms with Crippen LogP contribution in [0.15, 0.2) is 28.9 Å². The zero-order valence-corrected chi connectivity index (χ0v) is 4.72. The van der Waals surface area contributed by atoms with Crippen molar-refractivity contribution in [2.45, 2.75) is 0 Å². The van der Waals surface area contributed by atoms with E-state index in [9.17, 15) is 0 Å². The Hall–Kier alpha value is -1.24. The number of hydrogen-bond donors (Lipinski definition) is 0. The molecule has 1 heteroatoms. The highest BCUT2D eigenvalue weighted by molar-refractivity contribution is 6.18. The summed E-state index contributed by atoms with van der Waals surface area (Å²) in [4.78, 5) is 0. The van der Waals surface area contributed by atoms with Crippen LogP contribution in [0.4, 0.5) is 0 Å². The maximum Gasteiger partial charge on any atom is 0.135 e. The molecule has 2 aromatic rings. The van der Waals surface area contributed by atoms with Crippen LogP contribution >= 0.6 is 0 Å². The quantitative estimate of drug-likeness (QED) is 0.439. The predicted molar refractivity (Wildman–Crippen MR) is 35.2 cm³/mol. The third-order valence-electron chi connectivity index (χ3n) is 1.83. The summed E-state index contributed by atoms with van der Waals surface area (Å²) in [6, 6.07) is 6.14. The van der Waals surface area contributed by atoms with Crippen molar-refractivity contribution in [1.29, 1.82) is 0 Å². The Morgan fingerprint density at radius 1 is 1.11 bits per heavy atom. The lowest BCUT2D eigenvalue weighted by Crippen LogP contribution is -1.55. The summed E-state index contributed by atoms with van der Waals surface area (Å²) >= 11 is 0. The number of rotatable bonds is 0. The lowest BCUT2D eigenvalue weighted by Gasteiger charge is -1.81. The average molecular weight is 116 g/mol. The third-order valence-corrected chi connectivity index (χ3v) is 1.83. The molecule has 0 bridgehead atoms. The van der Waals surface area contributed by atoms with E-state index in [1.165, 1.54) is 16.5 Å². The van der Waals surface area contributed by atoms with Gasteiger partial charge in [-0.25, -0.2) is 0 Å². The van der Waals surface area contributed by atoms with Crippen molar-refractivity contribution in [1.82, 2.24) is 0 Å². The molecule has 0 unspecified atom stereocenters. The van der Waals surface area contributed by atoms with Gasteiger partial charge in [-0.15, -0.1) is 0 Å². The Kier molecular flexibility index (Phi) is 0.374. The molecule has 1 aliphatic rings. The maximum absolute atomic E-state index is 5.18. The van der Waals surface area contributed by atoms with Crippen LogP contribution in [0.2, 0.25) is 0 Å². The summed E-state index contributed by atoms with van der Waals surface area (Å²) in [5.41, 5.74) is 3.70. The first-order valence-electron chi connectivity index (χ1n) is 2.97. The SMILES string of the molecule is c1cc2c3c-2coc3c1. The van der Waals surface area contributed by atoms with E-state index in [1.54, 1.807) is 0 Å². The van der Waals surface area contributed by atoms with Crippen molar-refractivity contribution in [3.63, 3.8) is 0 Å². The Morgan fingerprint density at radius 2 is 2.11 bits per heavy atom. The smallest absolute Gasteiger partial charge is 0.135 e. The maximum atomic E-state index is 5.18. The summed E-state index contributed by atoms with van der Waals surface area (Å²) < 4.78 is 5.18. The highest BCUT2D eigenvalue weighted by Crippen LogP contribution is 2.47. The second kappa shape index (κ2) is 0.903. The third kappa shape index (κ3) is 0.271. The lowest BCUT2D eigenvalue weighted by molar-refractivity contribution is 0.615. The van der Waals surface area contributed by atoms with E-state index in [0.717, 1.165) is 5.58 Å². The molecule has 42 valence electrons. The largest absolute Gasteiger partial charge is 0.464 e. The molecule has 0 saturated heterocycles. The molecule has 1 heterocycles. The average Bonchev–Trinajstić information content (AvgIpc) is 2.35. The van der Waals surface area contributed by atoms with Gasteiger partial charge in [0.25, 0.3) is 0 Å². The van der Waals surface area contributed by atoms with E-state index in [2.05, 4.69) is 6.07 Å². The molecule has 1 nitrogen and oxygen atoms in total. The second-order valence-corrected chi connectivity index (χ2v) is 2.33. The molecule has 0 atom stereocenters. The minimum absolute atomic E-state index is 1.03. The molecule has 1 aliphatic carbocycles. The molecule has 1 aromatic carbocycles. The minimum atomic E-state index is 1.03. The Bertz CT molecular complexity index is 384. The molecule has 9 heavy (non-hydrogen) atoms. The number of benzene rings is 1. The van der Waals surface area contributed by atoms with Crippen LogP contribution in [0.1, 0.15) is 0 Å². The number of fused-ring (bicyclic) bond motifs is 1. The van der Waals surface area contributed by atoms with Gasteiger partial charge < -0.3 is 4.42 Å². The molecule has 1 aromatic heterocycles. The minimum Gasteiger partial charge on any atom is -0.464 e. The van der Waals surface area contributed by atoms with Crippen LogP contribution < -0.4 is 0 Å². The lowest BCUT2D eigenvalue weighted by atomic mass is 10.3. The van der Waals surface area contributed by atoms with Gasteiger partial charge in [0.1, 0.15) is 5.58 Å². The van der Waals surface area contributed by atoms with Crippen LogP contribution in [0.3, 0.4) is 0 Å². The van der Waals surface area contributed by atoms with Crippen molar-refractivity contribution >= 4 is 11.0 Å². The van der Waals surface area contributed by atoms with Gasteiger partial charge in [-0.1, -0.05) is 12.1 Å². The van der Waals surface area contributed by atoms with E-state index in [0.29, 0.717) is 0 Å². The van der Waals surface area contributed by atoms with Crippen molar-refractivity contribution in [2.75, 3.05) is 0 Å². The van der Waals surface area contributed by atoms with Gasteiger partial charge in [0.05, 0.1) is 6.26 Å². The number of hydrogen-bond acceptors (Lipinski definition) is 1. The fourth-order valence-electron chi connectivity index (χ4n) is 1.31. The Morgan fingerprint density at radius 3 is 2.89 bits per heavy atom.